The molecule has 1 aliphatic rings. The van der Waals surface area contributed by atoms with Crippen molar-refractivity contribution < 1.29 is 4.79 Å². The monoisotopic (exact) mass is 333 g/mol. The average Bonchev–Trinajstić information content (AvgIpc) is 3.42. The third kappa shape index (κ3) is 3.18. The van der Waals surface area contributed by atoms with Gasteiger partial charge in [-0.05, 0) is 25.8 Å². The molecule has 0 spiro atoms. The Morgan fingerprint density at radius 1 is 1.12 bits per heavy atom. The number of carbonyl (C=O) groups excluding carboxylic acids is 1. The second kappa shape index (κ2) is 6.16. The van der Waals surface area contributed by atoms with Gasteiger partial charge in [-0.2, -0.15) is 5.10 Å². The zero-order valence-electron chi connectivity index (χ0n) is 14.0. The van der Waals surface area contributed by atoms with E-state index in [-0.39, 0.29) is 24.1 Å². The van der Waals surface area contributed by atoms with Crippen LogP contribution in [0.1, 0.15) is 18.4 Å². The molecule has 3 aromatic rings. The van der Waals surface area contributed by atoms with Crippen molar-refractivity contribution in [1.82, 2.24) is 15.1 Å². The number of amides is 1. The van der Waals surface area contributed by atoms with Gasteiger partial charge in [0.15, 0.2) is 0 Å². The van der Waals surface area contributed by atoms with Crippen molar-refractivity contribution >= 4 is 16.7 Å². The third-order valence-electron chi connectivity index (χ3n) is 4.43. The first-order valence-electron chi connectivity index (χ1n) is 8.48. The topological polar surface area (TPSA) is 64.0 Å². The van der Waals surface area contributed by atoms with Crippen molar-refractivity contribution in [3.05, 3.63) is 64.4 Å². The highest BCUT2D eigenvalue weighted by Crippen LogP contribution is 2.25. The summed E-state index contributed by atoms with van der Waals surface area (Å²) in [5.41, 5.74) is 2.56. The molecule has 0 bridgehead atoms. The molecule has 0 atom stereocenters. The van der Waals surface area contributed by atoms with Gasteiger partial charge in [-0.15, -0.1) is 0 Å². The molecule has 1 heterocycles. The predicted octanol–water partition coefficient (Wildman–Crippen LogP) is 2.65. The van der Waals surface area contributed by atoms with E-state index in [4.69, 9.17) is 0 Å². The summed E-state index contributed by atoms with van der Waals surface area (Å²) >= 11 is 0. The van der Waals surface area contributed by atoms with E-state index in [1.165, 1.54) is 4.68 Å². The van der Waals surface area contributed by atoms with Crippen molar-refractivity contribution in [3.8, 4) is 11.3 Å². The summed E-state index contributed by atoms with van der Waals surface area (Å²) in [6.07, 6.45) is 2.03. The van der Waals surface area contributed by atoms with Crippen LogP contribution in [-0.4, -0.2) is 21.7 Å². The van der Waals surface area contributed by atoms with Gasteiger partial charge in [0.25, 0.3) is 5.56 Å². The zero-order valence-corrected chi connectivity index (χ0v) is 14.0. The summed E-state index contributed by atoms with van der Waals surface area (Å²) < 4.78 is 1.27. The maximum atomic E-state index is 12.7. The van der Waals surface area contributed by atoms with Crippen LogP contribution in [0.2, 0.25) is 0 Å². The van der Waals surface area contributed by atoms with Crippen molar-refractivity contribution in [2.24, 2.45) is 0 Å². The maximum absolute atomic E-state index is 12.7. The van der Waals surface area contributed by atoms with Gasteiger partial charge < -0.3 is 5.32 Å². The molecular weight excluding hydrogens is 314 g/mol. The molecule has 1 fully saturated rings. The first-order chi connectivity index (χ1) is 12.1. The lowest BCUT2D eigenvalue weighted by Crippen LogP contribution is -2.35. The van der Waals surface area contributed by atoms with Crippen LogP contribution < -0.4 is 10.9 Å². The summed E-state index contributed by atoms with van der Waals surface area (Å²) in [6.45, 7) is 1.97. The quantitative estimate of drug-likeness (QED) is 0.798. The van der Waals surface area contributed by atoms with E-state index >= 15 is 0 Å². The Kier molecular flexibility index (Phi) is 3.84. The Labute approximate surface area is 145 Å². The van der Waals surface area contributed by atoms with E-state index in [0.29, 0.717) is 5.39 Å². The van der Waals surface area contributed by atoms with Gasteiger partial charge >= 0.3 is 0 Å². The van der Waals surface area contributed by atoms with Crippen molar-refractivity contribution in [1.29, 1.82) is 0 Å². The summed E-state index contributed by atoms with van der Waals surface area (Å²) in [5.74, 6) is -0.165. The molecule has 1 aliphatic carbocycles. The summed E-state index contributed by atoms with van der Waals surface area (Å²) in [5, 5.41) is 8.79. The normalized spacial score (nSPS) is 13.8. The maximum Gasteiger partial charge on any atom is 0.275 e. The standard InChI is InChI=1S/C20H19N3O2/c1-13-6-8-14(9-7-13)19-16-4-2-3-5-17(16)20(25)23(22-19)12-18(24)21-15-10-11-15/h2-9,15H,10-12H2,1H3,(H,21,24). The van der Waals surface area contributed by atoms with Crippen molar-refractivity contribution in [2.75, 3.05) is 0 Å². The minimum absolute atomic E-state index is 0.0565. The van der Waals surface area contributed by atoms with Gasteiger partial charge in [0, 0.05) is 17.0 Å². The Morgan fingerprint density at radius 3 is 2.48 bits per heavy atom. The van der Waals surface area contributed by atoms with Crippen LogP contribution in [0.25, 0.3) is 22.0 Å². The molecule has 0 saturated heterocycles. The summed E-state index contributed by atoms with van der Waals surface area (Å²) in [6, 6.07) is 15.7. The van der Waals surface area contributed by atoms with Crippen LogP contribution in [0, 0.1) is 6.92 Å². The lowest BCUT2D eigenvalue weighted by atomic mass is 10.0. The highest BCUT2D eigenvalue weighted by atomic mass is 16.2. The fourth-order valence-electron chi connectivity index (χ4n) is 2.90. The molecule has 1 amide bonds. The van der Waals surface area contributed by atoms with E-state index in [1.807, 2.05) is 49.4 Å². The van der Waals surface area contributed by atoms with Gasteiger partial charge in [0.2, 0.25) is 5.91 Å². The average molecular weight is 333 g/mol. The van der Waals surface area contributed by atoms with Gasteiger partial charge in [-0.1, -0.05) is 48.0 Å². The number of carbonyl (C=O) groups is 1. The first kappa shape index (κ1) is 15.6. The number of rotatable bonds is 4. The van der Waals surface area contributed by atoms with Crippen molar-refractivity contribution in [2.45, 2.75) is 32.4 Å². The fraction of sp³-hybridized carbons (Fsp3) is 0.250. The molecule has 0 aliphatic heterocycles. The van der Waals surface area contributed by atoms with E-state index in [2.05, 4.69) is 10.4 Å². The second-order valence-corrected chi connectivity index (χ2v) is 6.56. The number of benzene rings is 2. The lowest BCUT2D eigenvalue weighted by Gasteiger charge is -2.11. The Morgan fingerprint density at radius 2 is 1.80 bits per heavy atom. The summed E-state index contributed by atoms with van der Waals surface area (Å²) in [7, 11) is 0. The van der Waals surface area contributed by atoms with E-state index < -0.39 is 0 Å². The Balaban J connectivity index is 1.83. The number of hydrogen-bond acceptors (Lipinski definition) is 3. The lowest BCUT2D eigenvalue weighted by molar-refractivity contribution is -0.122. The van der Waals surface area contributed by atoms with Gasteiger partial charge in [0.1, 0.15) is 6.54 Å². The van der Waals surface area contributed by atoms with Crippen LogP contribution in [-0.2, 0) is 11.3 Å². The molecule has 1 saturated carbocycles. The largest absolute Gasteiger partial charge is 0.352 e. The van der Waals surface area contributed by atoms with E-state index in [1.54, 1.807) is 6.07 Å². The molecule has 5 heteroatoms. The van der Waals surface area contributed by atoms with Crippen LogP contribution in [0.5, 0.6) is 0 Å². The molecule has 25 heavy (non-hydrogen) atoms. The number of aromatic nitrogens is 2. The Bertz CT molecular complexity index is 1000. The molecule has 0 unspecified atom stereocenters. The number of hydrogen-bond donors (Lipinski definition) is 1. The molecule has 2 aromatic carbocycles. The minimum Gasteiger partial charge on any atom is -0.352 e. The summed E-state index contributed by atoms with van der Waals surface area (Å²) in [4.78, 5) is 24.9. The number of nitrogens with one attached hydrogen (secondary N) is 1. The highest BCUT2D eigenvalue weighted by molar-refractivity contribution is 5.93. The van der Waals surface area contributed by atoms with Gasteiger partial charge in [-0.25, -0.2) is 4.68 Å². The molecule has 5 nitrogen and oxygen atoms in total. The van der Waals surface area contributed by atoms with Crippen LogP contribution >= 0.6 is 0 Å². The van der Waals surface area contributed by atoms with Crippen LogP contribution in [0.15, 0.2) is 53.3 Å². The smallest absolute Gasteiger partial charge is 0.275 e. The molecule has 4 rings (SSSR count). The van der Waals surface area contributed by atoms with Crippen molar-refractivity contribution in [3.63, 3.8) is 0 Å². The number of nitrogens with zero attached hydrogens (tertiary/aromatic N) is 2. The zero-order chi connectivity index (χ0) is 17.4. The molecule has 126 valence electrons. The molecule has 0 radical (unpaired) electrons. The number of aryl methyl sites for hydroxylation is 1. The third-order valence-corrected chi connectivity index (χ3v) is 4.43. The van der Waals surface area contributed by atoms with Gasteiger partial charge in [-0.3, -0.25) is 9.59 Å². The van der Waals surface area contributed by atoms with E-state index in [0.717, 1.165) is 35.0 Å². The fourth-order valence-corrected chi connectivity index (χ4v) is 2.90. The first-order valence-corrected chi connectivity index (χ1v) is 8.48. The van der Waals surface area contributed by atoms with Crippen LogP contribution in [0.4, 0.5) is 0 Å². The van der Waals surface area contributed by atoms with Crippen LogP contribution in [0.3, 0.4) is 0 Å². The molecule has 1 N–H and O–H groups in total. The number of fused-ring (bicyclic) bond motifs is 1. The van der Waals surface area contributed by atoms with E-state index in [9.17, 15) is 9.59 Å². The minimum atomic E-state index is -0.239. The molecule has 1 aromatic heterocycles. The SMILES string of the molecule is Cc1ccc(-c2nn(CC(=O)NC3CC3)c(=O)c3ccccc23)cc1. The highest BCUT2D eigenvalue weighted by Gasteiger charge is 2.24. The van der Waals surface area contributed by atoms with Gasteiger partial charge in [0.05, 0.1) is 11.1 Å². The second-order valence-electron chi connectivity index (χ2n) is 6.56. The Hall–Kier alpha value is -2.95. The predicted molar refractivity (Wildman–Crippen MR) is 97.3 cm³/mol. The molecular formula is C20H19N3O2.